The SMILES string of the molecule is CCCCC(CC)C[C@@H]1O[C@H](CO)[C@@H](O)[C@H](O)[C@H]1O. The van der Waals surface area contributed by atoms with E-state index in [1.165, 1.54) is 0 Å². The van der Waals surface area contributed by atoms with Gasteiger partial charge in [-0.05, 0) is 12.3 Å². The van der Waals surface area contributed by atoms with Crippen LogP contribution in [-0.2, 0) is 4.74 Å². The minimum Gasteiger partial charge on any atom is -0.394 e. The third-order valence-electron chi connectivity index (χ3n) is 4.10. The van der Waals surface area contributed by atoms with E-state index in [4.69, 9.17) is 9.84 Å². The summed E-state index contributed by atoms with van der Waals surface area (Å²) in [5.41, 5.74) is 0. The molecule has 0 radical (unpaired) electrons. The van der Waals surface area contributed by atoms with Crippen LogP contribution in [0, 0.1) is 5.92 Å². The Kier molecular flexibility index (Phi) is 7.25. The Morgan fingerprint density at radius 1 is 1.00 bits per heavy atom. The topological polar surface area (TPSA) is 90.2 Å². The second-order valence-electron chi connectivity index (χ2n) is 5.52. The number of aliphatic hydroxyl groups excluding tert-OH is 4. The lowest BCUT2D eigenvalue weighted by Gasteiger charge is -2.41. The first kappa shape index (κ1) is 16.9. The van der Waals surface area contributed by atoms with Crippen molar-refractivity contribution < 1.29 is 25.2 Å². The Hall–Kier alpha value is -0.200. The highest BCUT2D eigenvalue weighted by Crippen LogP contribution is 2.28. The highest BCUT2D eigenvalue weighted by molar-refractivity contribution is 4.92. The molecule has 1 heterocycles. The van der Waals surface area contributed by atoms with Gasteiger partial charge in [-0.3, -0.25) is 0 Å². The van der Waals surface area contributed by atoms with E-state index in [-0.39, 0.29) is 6.61 Å². The fraction of sp³-hybridized carbons (Fsp3) is 1.00. The van der Waals surface area contributed by atoms with Gasteiger partial charge in [0, 0.05) is 0 Å². The molecule has 5 heteroatoms. The molecule has 4 N–H and O–H groups in total. The van der Waals surface area contributed by atoms with E-state index in [1.54, 1.807) is 0 Å². The van der Waals surface area contributed by atoms with Crippen molar-refractivity contribution in [1.29, 1.82) is 0 Å². The van der Waals surface area contributed by atoms with E-state index >= 15 is 0 Å². The normalized spacial score (nSPS) is 37.3. The second-order valence-corrected chi connectivity index (χ2v) is 5.52. The predicted molar refractivity (Wildman–Crippen MR) is 71.7 cm³/mol. The third kappa shape index (κ3) is 4.39. The van der Waals surface area contributed by atoms with E-state index in [2.05, 4.69) is 13.8 Å². The Morgan fingerprint density at radius 2 is 1.63 bits per heavy atom. The zero-order chi connectivity index (χ0) is 14.4. The van der Waals surface area contributed by atoms with Gasteiger partial charge in [-0.1, -0.05) is 39.5 Å². The fourth-order valence-electron chi connectivity index (χ4n) is 2.68. The first-order valence-corrected chi connectivity index (χ1v) is 7.35. The average Bonchev–Trinajstić information content (AvgIpc) is 2.43. The van der Waals surface area contributed by atoms with Gasteiger partial charge in [0.15, 0.2) is 0 Å². The van der Waals surface area contributed by atoms with Crippen molar-refractivity contribution in [3.8, 4) is 0 Å². The molecule has 114 valence electrons. The van der Waals surface area contributed by atoms with Gasteiger partial charge in [0.05, 0.1) is 12.7 Å². The van der Waals surface area contributed by atoms with Crippen molar-refractivity contribution >= 4 is 0 Å². The Morgan fingerprint density at radius 3 is 2.16 bits per heavy atom. The molecule has 0 saturated carbocycles. The zero-order valence-corrected chi connectivity index (χ0v) is 11.9. The number of ether oxygens (including phenoxy) is 1. The lowest BCUT2D eigenvalue weighted by atomic mass is 9.86. The van der Waals surface area contributed by atoms with Crippen molar-refractivity contribution in [2.24, 2.45) is 5.92 Å². The molecule has 1 fully saturated rings. The molecule has 6 atom stereocenters. The molecule has 0 aliphatic carbocycles. The van der Waals surface area contributed by atoms with Crippen molar-refractivity contribution in [3.05, 3.63) is 0 Å². The van der Waals surface area contributed by atoms with E-state index < -0.39 is 30.5 Å². The van der Waals surface area contributed by atoms with Crippen molar-refractivity contribution in [1.82, 2.24) is 0 Å². The van der Waals surface area contributed by atoms with Gasteiger partial charge >= 0.3 is 0 Å². The number of hydrogen-bond donors (Lipinski definition) is 4. The number of hydrogen-bond acceptors (Lipinski definition) is 5. The maximum absolute atomic E-state index is 9.97. The van der Waals surface area contributed by atoms with Crippen LogP contribution in [0.1, 0.15) is 46.0 Å². The van der Waals surface area contributed by atoms with E-state index in [0.717, 1.165) is 25.7 Å². The Labute approximate surface area is 115 Å². The minimum atomic E-state index is -1.25. The maximum Gasteiger partial charge on any atom is 0.111 e. The van der Waals surface area contributed by atoms with Crippen LogP contribution in [-0.4, -0.2) is 57.6 Å². The predicted octanol–water partition coefficient (Wildman–Crippen LogP) is 0.435. The molecule has 0 amide bonds. The van der Waals surface area contributed by atoms with Gasteiger partial charge < -0.3 is 25.2 Å². The molecule has 0 aromatic carbocycles. The molecule has 0 aromatic rings. The smallest absolute Gasteiger partial charge is 0.111 e. The summed E-state index contributed by atoms with van der Waals surface area (Å²) in [6, 6.07) is 0. The third-order valence-corrected chi connectivity index (χ3v) is 4.10. The summed E-state index contributed by atoms with van der Waals surface area (Å²) in [5.74, 6) is 0.432. The Balaban J connectivity index is 2.59. The van der Waals surface area contributed by atoms with Crippen molar-refractivity contribution in [3.63, 3.8) is 0 Å². The van der Waals surface area contributed by atoms with Crippen LogP contribution in [0.25, 0.3) is 0 Å². The van der Waals surface area contributed by atoms with Crippen LogP contribution in [0.4, 0.5) is 0 Å². The molecule has 0 spiro atoms. The highest BCUT2D eigenvalue weighted by Gasteiger charge is 2.43. The molecular weight excluding hydrogens is 248 g/mol. The molecule has 1 aliphatic heterocycles. The summed E-state index contributed by atoms with van der Waals surface area (Å²) in [6.07, 6.45) is 0.0836. The Bertz CT molecular complexity index is 246. The quantitative estimate of drug-likeness (QED) is 0.541. The highest BCUT2D eigenvalue weighted by atomic mass is 16.5. The maximum atomic E-state index is 9.97. The van der Waals surface area contributed by atoms with Gasteiger partial charge in [-0.2, -0.15) is 0 Å². The minimum absolute atomic E-state index is 0.354. The fourth-order valence-corrected chi connectivity index (χ4v) is 2.68. The largest absolute Gasteiger partial charge is 0.394 e. The molecular formula is C14H28O5. The van der Waals surface area contributed by atoms with E-state index in [1.807, 2.05) is 0 Å². The zero-order valence-electron chi connectivity index (χ0n) is 11.9. The van der Waals surface area contributed by atoms with Crippen LogP contribution in [0.15, 0.2) is 0 Å². The van der Waals surface area contributed by atoms with Crippen LogP contribution < -0.4 is 0 Å². The van der Waals surface area contributed by atoms with Crippen molar-refractivity contribution in [2.45, 2.75) is 76.5 Å². The van der Waals surface area contributed by atoms with Gasteiger partial charge in [0.1, 0.15) is 24.4 Å². The first-order chi connectivity index (χ1) is 9.04. The van der Waals surface area contributed by atoms with Gasteiger partial charge in [0.25, 0.3) is 0 Å². The standard InChI is InChI=1S/C14H28O5/c1-3-5-6-9(4-2)7-10-12(16)14(18)13(17)11(8-15)19-10/h9-18H,3-8H2,1-2H3/t9?,10-,11+,12-,13+,14+/m0/s1. The van der Waals surface area contributed by atoms with E-state index in [9.17, 15) is 15.3 Å². The number of rotatable bonds is 7. The van der Waals surface area contributed by atoms with Gasteiger partial charge in [-0.25, -0.2) is 0 Å². The lowest BCUT2D eigenvalue weighted by molar-refractivity contribution is -0.232. The summed E-state index contributed by atoms with van der Waals surface area (Å²) in [4.78, 5) is 0. The molecule has 1 saturated heterocycles. The van der Waals surface area contributed by atoms with Crippen LogP contribution in [0.5, 0.6) is 0 Å². The first-order valence-electron chi connectivity index (χ1n) is 7.35. The lowest BCUT2D eigenvalue weighted by Crippen LogP contribution is -2.58. The summed E-state index contributed by atoms with van der Waals surface area (Å²) >= 11 is 0. The van der Waals surface area contributed by atoms with Crippen LogP contribution >= 0.6 is 0 Å². The molecule has 1 rings (SSSR count). The monoisotopic (exact) mass is 276 g/mol. The molecule has 1 unspecified atom stereocenters. The van der Waals surface area contributed by atoms with Crippen LogP contribution in [0.3, 0.4) is 0 Å². The summed E-state index contributed by atoms with van der Waals surface area (Å²) in [5, 5.41) is 38.6. The summed E-state index contributed by atoms with van der Waals surface area (Å²) in [7, 11) is 0. The molecule has 0 bridgehead atoms. The molecule has 1 aliphatic rings. The van der Waals surface area contributed by atoms with E-state index in [0.29, 0.717) is 12.3 Å². The van der Waals surface area contributed by atoms with Crippen LogP contribution in [0.2, 0.25) is 0 Å². The van der Waals surface area contributed by atoms with Crippen molar-refractivity contribution in [2.75, 3.05) is 6.61 Å². The average molecular weight is 276 g/mol. The summed E-state index contributed by atoms with van der Waals surface area (Å²) in [6.45, 7) is 3.89. The van der Waals surface area contributed by atoms with Gasteiger partial charge in [-0.15, -0.1) is 0 Å². The number of aliphatic hydroxyl groups is 4. The molecule has 0 aromatic heterocycles. The molecule has 19 heavy (non-hydrogen) atoms. The van der Waals surface area contributed by atoms with Gasteiger partial charge in [0.2, 0.25) is 0 Å². The summed E-state index contributed by atoms with van der Waals surface area (Å²) < 4.78 is 5.53. The second kappa shape index (κ2) is 8.17. The molecule has 5 nitrogen and oxygen atoms in total. The number of unbranched alkanes of at least 4 members (excludes halogenated alkanes) is 1.